The monoisotopic (exact) mass is 194 g/mol. The SMILES string of the molecule is CCOC(=O)[C@@H]1[C@H]2C=CCCCC[C@H]21. The Kier molecular flexibility index (Phi) is 2.90. The van der Waals surface area contributed by atoms with E-state index in [-0.39, 0.29) is 11.9 Å². The fraction of sp³-hybridized carbons (Fsp3) is 0.750. The summed E-state index contributed by atoms with van der Waals surface area (Å²) in [7, 11) is 0. The van der Waals surface area contributed by atoms with E-state index in [1.807, 2.05) is 6.92 Å². The Balaban J connectivity index is 1.94. The maximum Gasteiger partial charge on any atom is 0.309 e. The van der Waals surface area contributed by atoms with Crippen molar-refractivity contribution in [3.8, 4) is 0 Å². The van der Waals surface area contributed by atoms with Crippen LogP contribution in [0, 0.1) is 17.8 Å². The Labute approximate surface area is 85.3 Å². The molecule has 0 radical (unpaired) electrons. The molecule has 14 heavy (non-hydrogen) atoms. The minimum atomic E-state index is 0.0223. The van der Waals surface area contributed by atoms with Crippen LogP contribution < -0.4 is 0 Å². The standard InChI is InChI=1S/C12H18O2/c1-2-14-12(13)11-9-7-5-3-4-6-8-10(9)11/h5,7,9-11H,2-4,6,8H2,1H3/t9-,10+,11+/m0/s1. The Morgan fingerprint density at radius 2 is 2.36 bits per heavy atom. The normalized spacial score (nSPS) is 35.4. The number of carbonyl (C=O) groups is 1. The molecule has 0 heterocycles. The molecule has 2 aliphatic carbocycles. The number of hydrogen-bond donors (Lipinski definition) is 0. The summed E-state index contributed by atoms with van der Waals surface area (Å²) in [6.07, 6.45) is 9.38. The van der Waals surface area contributed by atoms with Gasteiger partial charge in [-0.05, 0) is 38.0 Å². The lowest BCUT2D eigenvalue weighted by molar-refractivity contribution is -0.145. The first-order valence-electron chi connectivity index (χ1n) is 5.68. The highest BCUT2D eigenvalue weighted by Gasteiger charge is 2.53. The first-order valence-corrected chi connectivity index (χ1v) is 5.68. The number of hydrogen-bond acceptors (Lipinski definition) is 2. The van der Waals surface area contributed by atoms with E-state index in [0.717, 1.165) is 0 Å². The summed E-state index contributed by atoms with van der Waals surface area (Å²) in [5.74, 6) is 1.29. The van der Waals surface area contributed by atoms with Crippen molar-refractivity contribution in [1.29, 1.82) is 0 Å². The fourth-order valence-electron chi connectivity index (χ4n) is 2.50. The Morgan fingerprint density at radius 3 is 3.14 bits per heavy atom. The second kappa shape index (κ2) is 4.16. The number of rotatable bonds is 2. The number of ether oxygens (including phenoxy) is 1. The molecule has 1 fully saturated rings. The van der Waals surface area contributed by atoms with Crippen molar-refractivity contribution in [2.45, 2.75) is 32.6 Å². The summed E-state index contributed by atoms with van der Waals surface area (Å²) in [5.41, 5.74) is 0. The van der Waals surface area contributed by atoms with E-state index < -0.39 is 0 Å². The van der Waals surface area contributed by atoms with Gasteiger partial charge in [-0.25, -0.2) is 0 Å². The zero-order valence-corrected chi connectivity index (χ0v) is 8.74. The largest absolute Gasteiger partial charge is 0.466 e. The van der Waals surface area contributed by atoms with E-state index in [9.17, 15) is 4.79 Å². The summed E-state index contributed by atoms with van der Waals surface area (Å²) in [5, 5.41) is 0. The highest BCUT2D eigenvalue weighted by molar-refractivity contribution is 5.77. The maximum absolute atomic E-state index is 11.5. The molecular formula is C12H18O2. The first-order chi connectivity index (χ1) is 6.84. The van der Waals surface area contributed by atoms with Crippen LogP contribution in [0.5, 0.6) is 0 Å². The molecule has 0 saturated heterocycles. The van der Waals surface area contributed by atoms with Crippen LogP contribution in [0.15, 0.2) is 12.2 Å². The topological polar surface area (TPSA) is 26.3 Å². The van der Waals surface area contributed by atoms with Gasteiger partial charge in [0, 0.05) is 0 Å². The summed E-state index contributed by atoms with van der Waals surface area (Å²) >= 11 is 0. The van der Waals surface area contributed by atoms with Gasteiger partial charge >= 0.3 is 5.97 Å². The van der Waals surface area contributed by atoms with Gasteiger partial charge in [-0.2, -0.15) is 0 Å². The average molecular weight is 194 g/mol. The van der Waals surface area contributed by atoms with E-state index in [4.69, 9.17) is 4.74 Å². The van der Waals surface area contributed by atoms with Crippen molar-refractivity contribution in [3.05, 3.63) is 12.2 Å². The molecule has 0 aromatic carbocycles. The summed E-state index contributed by atoms with van der Waals surface area (Å²) in [4.78, 5) is 11.5. The number of allylic oxidation sites excluding steroid dienone is 2. The molecule has 0 aliphatic heterocycles. The predicted molar refractivity (Wildman–Crippen MR) is 54.7 cm³/mol. The number of esters is 1. The second-order valence-corrected chi connectivity index (χ2v) is 4.23. The van der Waals surface area contributed by atoms with E-state index in [2.05, 4.69) is 12.2 Å². The summed E-state index contributed by atoms with van der Waals surface area (Å²) in [6, 6.07) is 0. The van der Waals surface area contributed by atoms with Crippen LogP contribution in [-0.4, -0.2) is 12.6 Å². The summed E-state index contributed by atoms with van der Waals surface area (Å²) in [6.45, 7) is 2.39. The molecule has 0 amide bonds. The van der Waals surface area contributed by atoms with Gasteiger partial charge in [-0.1, -0.05) is 18.6 Å². The second-order valence-electron chi connectivity index (χ2n) is 4.23. The molecule has 1 saturated carbocycles. The van der Waals surface area contributed by atoms with E-state index in [1.165, 1.54) is 25.7 Å². The number of carbonyl (C=O) groups excluding carboxylic acids is 1. The Bertz CT molecular complexity index is 245. The zero-order valence-electron chi connectivity index (χ0n) is 8.74. The summed E-state index contributed by atoms with van der Waals surface area (Å²) < 4.78 is 5.07. The van der Waals surface area contributed by atoms with E-state index in [0.29, 0.717) is 18.4 Å². The van der Waals surface area contributed by atoms with Crippen LogP contribution in [-0.2, 0) is 9.53 Å². The lowest BCUT2D eigenvalue weighted by Crippen LogP contribution is -2.08. The molecule has 2 aliphatic rings. The third-order valence-electron chi connectivity index (χ3n) is 3.30. The Morgan fingerprint density at radius 1 is 1.50 bits per heavy atom. The van der Waals surface area contributed by atoms with Crippen molar-refractivity contribution in [2.75, 3.05) is 6.61 Å². The molecule has 2 nitrogen and oxygen atoms in total. The molecule has 2 heteroatoms. The highest BCUT2D eigenvalue weighted by atomic mass is 16.5. The van der Waals surface area contributed by atoms with Crippen LogP contribution in [0.1, 0.15) is 32.6 Å². The smallest absolute Gasteiger partial charge is 0.309 e. The fourth-order valence-corrected chi connectivity index (χ4v) is 2.50. The van der Waals surface area contributed by atoms with Gasteiger partial charge in [0.15, 0.2) is 0 Å². The average Bonchev–Trinajstić information content (AvgIpc) is 2.77. The number of fused-ring (bicyclic) bond motifs is 1. The third-order valence-corrected chi connectivity index (χ3v) is 3.30. The molecule has 0 bridgehead atoms. The molecule has 0 spiro atoms. The van der Waals surface area contributed by atoms with Crippen molar-refractivity contribution in [1.82, 2.24) is 0 Å². The molecule has 0 unspecified atom stereocenters. The zero-order chi connectivity index (χ0) is 9.97. The van der Waals surface area contributed by atoms with Gasteiger partial charge in [-0.15, -0.1) is 0 Å². The Hall–Kier alpha value is -0.790. The molecule has 0 aromatic rings. The van der Waals surface area contributed by atoms with Crippen LogP contribution in [0.4, 0.5) is 0 Å². The van der Waals surface area contributed by atoms with Crippen molar-refractivity contribution in [2.24, 2.45) is 17.8 Å². The van der Waals surface area contributed by atoms with Crippen LogP contribution in [0.2, 0.25) is 0 Å². The van der Waals surface area contributed by atoms with Gasteiger partial charge in [0.25, 0.3) is 0 Å². The van der Waals surface area contributed by atoms with Crippen LogP contribution in [0.3, 0.4) is 0 Å². The maximum atomic E-state index is 11.5. The van der Waals surface area contributed by atoms with Gasteiger partial charge in [-0.3, -0.25) is 4.79 Å². The van der Waals surface area contributed by atoms with E-state index >= 15 is 0 Å². The van der Waals surface area contributed by atoms with Crippen molar-refractivity contribution >= 4 is 5.97 Å². The van der Waals surface area contributed by atoms with Gasteiger partial charge in [0.2, 0.25) is 0 Å². The molecule has 0 N–H and O–H groups in total. The lowest BCUT2D eigenvalue weighted by atomic mass is 10.1. The van der Waals surface area contributed by atoms with Crippen molar-refractivity contribution in [3.63, 3.8) is 0 Å². The first kappa shape index (κ1) is 9.75. The molecule has 0 aromatic heterocycles. The van der Waals surface area contributed by atoms with Crippen LogP contribution in [0.25, 0.3) is 0 Å². The predicted octanol–water partition coefficient (Wildman–Crippen LogP) is 2.54. The third kappa shape index (κ3) is 1.84. The minimum Gasteiger partial charge on any atom is -0.466 e. The lowest BCUT2D eigenvalue weighted by Gasteiger charge is -2.00. The van der Waals surface area contributed by atoms with Gasteiger partial charge < -0.3 is 4.74 Å². The van der Waals surface area contributed by atoms with Crippen molar-refractivity contribution < 1.29 is 9.53 Å². The molecule has 2 rings (SSSR count). The highest BCUT2D eigenvalue weighted by Crippen LogP contribution is 2.51. The minimum absolute atomic E-state index is 0.0223. The molecule has 78 valence electrons. The van der Waals surface area contributed by atoms with Gasteiger partial charge in [0.1, 0.15) is 0 Å². The quantitative estimate of drug-likeness (QED) is 0.499. The van der Waals surface area contributed by atoms with E-state index in [1.54, 1.807) is 0 Å². The molecule has 3 atom stereocenters. The molecular weight excluding hydrogens is 176 g/mol. The van der Waals surface area contributed by atoms with Gasteiger partial charge in [0.05, 0.1) is 12.5 Å². The van der Waals surface area contributed by atoms with Crippen LogP contribution >= 0.6 is 0 Å².